The molecule has 0 saturated carbocycles. The molecule has 0 saturated heterocycles. The third-order valence-electron chi connectivity index (χ3n) is 6.43. The molecule has 2 aromatic heterocycles. The predicted octanol–water partition coefficient (Wildman–Crippen LogP) is 6.23. The van der Waals surface area contributed by atoms with Crippen molar-refractivity contribution >= 4 is 23.2 Å². The van der Waals surface area contributed by atoms with Gasteiger partial charge in [-0.05, 0) is 56.2 Å². The first-order valence-corrected chi connectivity index (χ1v) is 13.1. The summed E-state index contributed by atoms with van der Waals surface area (Å²) in [5.74, 6) is -1.86. The fraction of sp³-hybridized carbons (Fsp3) is 0.323. The lowest BCUT2D eigenvalue weighted by Gasteiger charge is -2.27. The van der Waals surface area contributed by atoms with Crippen molar-refractivity contribution in [1.82, 2.24) is 19.8 Å². The topological polar surface area (TPSA) is 75.3 Å². The molecule has 4 rings (SSSR count). The smallest absolute Gasteiger partial charge is 0.253 e. The highest BCUT2D eigenvalue weighted by Crippen LogP contribution is 2.30. The Morgan fingerprint density at radius 2 is 1.82 bits per heavy atom. The highest BCUT2D eigenvalue weighted by atomic mass is 19.1. The first-order valence-electron chi connectivity index (χ1n) is 13.1. The van der Waals surface area contributed by atoms with Crippen molar-refractivity contribution in [2.75, 3.05) is 39.5 Å². The van der Waals surface area contributed by atoms with Crippen molar-refractivity contribution in [2.45, 2.75) is 34.1 Å². The Hall–Kier alpha value is -3.91. The third kappa shape index (κ3) is 7.15. The van der Waals surface area contributed by atoms with E-state index < -0.39 is 17.5 Å². The van der Waals surface area contributed by atoms with Crippen LogP contribution in [-0.2, 0) is 0 Å². The van der Waals surface area contributed by atoms with Gasteiger partial charge in [-0.2, -0.15) is 0 Å². The first kappa shape index (κ1) is 29.6. The molecule has 0 atom stereocenters. The first-order chi connectivity index (χ1) is 18.6. The number of benzene rings is 1. The Labute approximate surface area is 229 Å². The second-order valence-corrected chi connectivity index (χ2v) is 9.55. The summed E-state index contributed by atoms with van der Waals surface area (Å²) in [6, 6.07) is 7.90. The standard InChI is InChI=1S/C29H31F2N5O.C2H6/c1-18(13-24-19(2)33-10-7-23(24)27-6-5-22(32)16-34-27)17-36-11-8-20(9-12-36)28-25(30)14-21(15-26(28)31)29(37)35(3)4;1-2/h5-8,10,13-16H,9,11-12,17,32H2,1-4H3;1-2H3/b18-13+;. The number of amides is 1. The summed E-state index contributed by atoms with van der Waals surface area (Å²) in [5.41, 5.74) is 11.8. The Morgan fingerprint density at radius 3 is 2.38 bits per heavy atom. The lowest BCUT2D eigenvalue weighted by Crippen LogP contribution is -2.30. The molecule has 2 N–H and O–H groups in total. The quantitative estimate of drug-likeness (QED) is 0.406. The predicted molar refractivity (Wildman–Crippen MR) is 155 cm³/mol. The fourth-order valence-corrected chi connectivity index (χ4v) is 4.54. The van der Waals surface area contributed by atoms with Crippen LogP contribution >= 0.6 is 0 Å². The Balaban J connectivity index is 0.00000205. The summed E-state index contributed by atoms with van der Waals surface area (Å²) in [5, 5.41) is 0. The maximum Gasteiger partial charge on any atom is 0.253 e. The number of nitrogen functional groups attached to an aromatic ring is 1. The molecule has 0 unspecified atom stereocenters. The number of nitrogens with zero attached hydrogens (tertiary/aromatic N) is 4. The number of halogens is 2. The molecule has 1 amide bonds. The van der Waals surface area contributed by atoms with Gasteiger partial charge in [-0.1, -0.05) is 31.6 Å². The average molecular weight is 534 g/mol. The normalized spacial score (nSPS) is 13.8. The van der Waals surface area contributed by atoms with Crippen LogP contribution in [0.1, 0.15) is 54.4 Å². The van der Waals surface area contributed by atoms with Gasteiger partial charge in [-0.25, -0.2) is 8.78 Å². The molecule has 39 heavy (non-hydrogen) atoms. The SMILES string of the molecule is C/C(=C\c1c(-c2ccc(N)cn2)ccnc1C)CN1CC=C(c2c(F)cc(C(=O)N(C)C)cc2F)CC1.CC. The second kappa shape index (κ2) is 13.2. The highest BCUT2D eigenvalue weighted by Gasteiger charge is 2.22. The molecule has 0 spiro atoms. The highest BCUT2D eigenvalue weighted by molar-refractivity contribution is 5.94. The van der Waals surface area contributed by atoms with Crippen LogP contribution in [0.15, 0.2) is 54.4 Å². The average Bonchev–Trinajstić information content (AvgIpc) is 2.91. The Morgan fingerprint density at radius 1 is 1.13 bits per heavy atom. The molecule has 0 fully saturated rings. The molecule has 1 aromatic carbocycles. The van der Waals surface area contributed by atoms with Crippen molar-refractivity contribution in [1.29, 1.82) is 0 Å². The number of nitrogens with two attached hydrogens (primary N) is 1. The molecule has 3 heterocycles. The fourth-order valence-electron chi connectivity index (χ4n) is 4.54. The minimum atomic E-state index is -0.711. The molecule has 0 radical (unpaired) electrons. The molecule has 206 valence electrons. The van der Waals surface area contributed by atoms with E-state index >= 15 is 0 Å². The van der Waals surface area contributed by atoms with Crippen LogP contribution in [0.2, 0.25) is 0 Å². The number of pyridine rings is 2. The number of aromatic nitrogens is 2. The lowest BCUT2D eigenvalue weighted by molar-refractivity contribution is 0.0826. The van der Waals surface area contributed by atoms with E-state index in [0.29, 0.717) is 37.3 Å². The number of carbonyl (C=O) groups excluding carboxylic acids is 1. The van der Waals surface area contributed by atoms with Crippen LogP contribution in [0.4, 0.5) is 14.5 Å². The zero-order valence-electron chi connectivity index (χ0n) is 23.6. The van der Waals surface area contributed by atoms with Crippen LogP contribution in [0.3, 0.4) is 0 Å². The third-order valence-corrected chi connectivity index (χ3v) is 6.43. The molecular formula is C31H37F2N5O. The van der Waals surface area contributed by atoms with Crippen molar-refractivity contribution < 1.29 is 13.6 Å². The number of anilines is 1. The summed E-state index contributed by atoms with van der Waals surface area (Å²) < 4.78 is 29.6. The molecule has 0 aliphatic carbocycles. The van der Waals surface area contributed by atoms with E-state index in [2.05, 4.69) is 27.9 Å². The van der Waals surface area contributed by atoms with E-state index in [0.717, 1.165) is 40.2 Å². The number of hydrogen-bond acceptors (Lipinski definition) is 5. The number of carbonyl (C=O) groups is 1. The van der Waals surface area contributed by atoms with Crippen molar-refractivity contribution in [3.05, 3.63) is 88.4 Å². The number of hydrogen-bond donors (Lipinski definition) is 1. The maximum atomic E-state index is 14.8. The van der Waals surface area contributed by atoms with Crippen LogP contribution in [0.25, 0.3) is 22.9 Å². The van der Waals surface area contributed by atoms with E-state index in [1.54, 1.807) is 26.5 Å². The number of rotatable bonds is 6. The summed E-state index contributed by atoms with van der Waals surface area (Å²) in [4.78, 5) is 24.5. The molecular weight excluding hydrogens is 496 g/mol. The van der Waals surface area contributed by atoms with E-state index in [-0.39, 0.29) is 11.1 Å². The van der Waals surface area contributed by atoms with Gasteiger partial charge in [0.15, 0.2) is 0 Å². The molecule has 3 aromatic rings. The Kier molecular flexibility index (Phi) is 10.1. The van der Waals surface area contributed by atoms with Gasteiger partial charge in [0.1, 0.15) is 11.6 Å². The zero-order chi connectivity index (χ0) is 28.7. The number of aryl methyl sites for hydroxylation is 1. The van der Waals surface area contributed by atoms with Crippen molar-refractivity contribution in [3.8, 4) is 11.3 Å². The minimum absolute atomic E-state index is 0.00165. The van der Waals surface area contributed by atoms with E-state index in [4.69, 9.17) is 5.73 Å². The van der Waals surface area contributed by atoms with Gasteiger partial charge in [0, 0.05) is 67.9 Å². The van der Waals surface area contributed by atoms with E-state index in [9.17, 15) is 13.6 Å². The lowest BCUT2D eigenvalue weighted by atomic mass is 9.96. The monoisotopic (exact) mass is 533 g/mol. The Bertz CT molecular complexity index is 1360. The van der Waals surface area contributed by atoms with Crippen molar-refractivity contribution in [3.63, 3.8) is 0 Å². The van der Waals surface area contributed by atoms with Gasteiger partial charge in [0.2, 0.25) is 0 Å². The maximum absolute atomic E-state index is 14.8. The summed E-state index contributed by atoms with van der Waals surface area (Å²) in [7, 11) is 3.10. The molecule has 1 aliphatic rings. The summed E-state index contributed by atoms with van der Waals surface area (Å²) >= 11 is 0. The van der Waals surface area contributed by atoms with Crippen LogP contribution in [0.5, 0.6) is 0 Å². The van der Waals surface area contributed by atoms with Gasteiger partial charge in [0.25, 0.3) is 5.91 Å². The van der Waals surface area contributed by atoms with E-state index in [1.165, 1.54) is 4.90 Å². The van der Waals surface area contributed by atoms with Crippen molar-refractivity contribution in [2.24, 2.45) is 0 Å². The zero-order valence-corrected chi connectivity index (χ0v) is 23.6. The van der Waals surface area contributed by atoms with Gasteiger partial charge in [-0.3, -0.25) is 19.7 Å². The summed E-state index contributed by atoms with van der Waals surface area (Å²) in [6.45, 7) is 9.96. The second-order valence-electron chi connectivity index (χ2n) is 9.55. The van der Waals surface area contributed by atoms with Gasteiger partial charge >= 0.3 is 0 Å². The van der Waals surface area contributed by atoms with Gasteiger partial charge in [0.05, 0.1) is 17.6 Å². The summed E-state index contributed by atoms with van der Waals surface area (Å²) in [6.07, 6.45) is 7.91. The minimum Gasteiger partial charge on any atom is -0.397 e. The largest absolute Gasteiger partial charge is 0.397 e. The van der Waals surface area contributed by atoms with Crippen LogP contribution in [-0.4, -0.2) is 59.4 Å². The molecule has 6 nitrogen and oxygen atoms in total. The van der Waals surface area contributed by atoms with Crippen LogP contribution in [0, 0.1) is 18.6 Å². The molecule has 1 aliphatic heterocycles. The van der Waals surface area contributed by atoms with Crippen LogP contribution < -0.4 is 5.73 Å². The van der Waals surface area contributed by atoms with Gasteiger partial charge < -0.3 is 10.6 Å². The molecule has 8 heteroatoms. The van der Waals surface area contributed by atoms with E-state index in [1.807, 2.05) is 45.0 Å². The van der Waals surface area contributed by atoms with Gasteiger partial charge in [-0.15, -0.1) is 0 Å². The molecule has 0 bridgehead atoms.